The zero-order valence-corrected chi connectivity index (χ0v) is 24.5. The van der Waals surface area contributed by atoms with Gasteiger partial charge in [-0.1, -0.05) is 0 Å². The number of hydrogen-bond donors (Lipinski definition) is 3. The van der Waals surface area contributed by atoms with Crippen molar-refractivity contribution < 1.29 is 27.1 Å². The highest BCUT2D eigenvalue weighted by molar-refractivity contribution is 7.93. The molecular weight excluding hydrogens is 554 g/mol. The molecule has 1 aromatic heterocycles. The van der Waals surface area contributed by atoms with Gasteiger partial charge in [-0.15, -0.1) is 0 Å². The van der Waals surface area contributed by atoms with E-state index in [9.17, 15) is 22.7 Å². The first kappa shape index (κ1) is 29.4. The van der Waals surface area contributed by atoms with Crippen LogP contribution in [0.3, 0.4) is 0 Å². The third-order valence-electron chi connectivity index (χ3n) is 8.66. The number of anilines is 4. The topological polar surface area (TPSA) is 128 Å². The summed E-state index contributed by atoms with van der Waals surface area (Å²) in [5.41, 5.74) is -0.0907. The van der Waals surface area contributed by atoms with Crippen molar-refractivity contribution in [2.75, 3.05) is 52.6 Å². The zero-order chi connectivity index (χ0) is 29.6. The van der Waals surface area contributed by atoms with Crippen LogP contribution in [0.2, 0.25) is 0 Å². The van der Waals surface area contributed by atoms with Crippen LogP contribution in [0, 0.1) is 18.2 Å². The van der Waals surface area contributed by atoms with E-state index in [1.807, 2.05) is 9.80 Å². The molecule has 13 heteroatoms. The molecule has 3 fully saturated rings. The summed E-state index contributed by atoms with van der Waals surface area (Å²) in [6.07, 6.45) is 4.93. The van der Waals surface area contributed by atoms with E-state index in [0.717, 1.165) is 18.9 Å². The molecule has 5 rings (SSSR count). The van der Waals surface area contributed by atoms with Crippen LogP contribution in [0.5, 0.6) is 0 Å². The van der Waals surface area contributed by atoms with Gasteiger partial charge in [-0.25, -0.2) is 22.2 Å². The van der Waals surface area contributed by atoms with Crippen LogP contribution in [0.15, 0.2) is 18.2 Å². The lowest BCUT2D eigenvalue weighted by Gasteiger charge is -2.35. The van der Waals surface area contributed by atoms with Crippen molar-refractivity contribution in [1.82, 2.24) is 9.97 Å². The van der Waals surface area contributed by atoms with E-state index < -0.39 is 39.3 Å². The number of aryl methyl sites for hydroxylation is 1. The van der Waals surface area contributed by atoms with E-state index in [0.29, 0.717) is 61.8 Å². The number of aromatic nitrogens is 2. The van der Waals surface area contributed by atoms with E-state index in [1.165, 1.54) is 25.8 Å². The monoisotopic (exact) mass is 592 g/mol. The van der Waals surface area contributed by atoms with Crippen LogP contribution < -0.4 is 19.8 Å². The Morgan fingerprint density at radius 3 is 2.29 bits per heavy atom. The average Bonchev–Trinajstić information content (AvgIpc) is 3.67. The molecule has 1 aliphatic carbocycles. The molecular formula is C28H38F2N6O4S. The number of benzene rings is 1. The predicted octanol–water partition coefficient (Wildman–Crippen LogP) is 4.01. The summed E-state index contributed by atoms with van der Waals surface area (Å²) >= 11 is 0. The van der Waals surface area contributed by atoms with Gasteiger partial charge in [0.15, 0.2) is 0 Å². The average molecular weight is 593 g/mol. The van der Waals surface area contributed by atoms with Gasteiger partial charge in [0.05, 0.1) is 23.5 Å². The van der Waals surface area contributed by atoms with E-state index in [2.05, 4.69) is 20.0 Å². The van der Waals surface area contributed by atoms with Gasteiger partial charge in [0.2, 0.25) is 16.0 Å². The van der Waals surface area contributed by atoms with Crippen molar-refractivity contribution in [3.8, 4) is 0 Å². The third kappa shape index (κ3) is 6.56. The Labute approximate surface area is 239 Å². The maximum Gasteiger partial charge on any atom is 0.259 e. The van der Waals surface area contributed by atoms with Crippen LogP contribution in [0.25, 0.3) is 0 Å². The Hall–Kier alpha value is -3.06. The Morgan fingerprint density at radius 2 is 1.68 bits per heavy atom. The number of sulfonamides is 1. The summed E-state index contributed by atoms with van der Waals surface area (Å²) in [5.74, 6) is -0.890. The Morgan fingerprint density at radius 1 is 1.05 bits per heavy atom. The molecule has 41 heavy (non-hydrogen) atoms. The normalized spacial score (nSPS) is 20.5. The van der Waals surface area contributed by atoms with E-state index in [1.54, 1.807) is 19.9 Å². The van der Waals surface area contributed by atoms with Gasteiger partial charge in [-0.2, -0.15) is 4.98 Å². The summed E-state index contributed by atoms with van der Waals surface area (Å²) in [4.78, 5) is 26.4. The molecule has 1 amide bonds. The molecule has 2 aliphatic heterocycles. The van der Waals surface area contributed by atoms with Crippen molar-refractivity contribution in [2.45, 2.75) is 70.2 Å². The molecule has 3 heterocycles. The van der Waals surface area contributed by atoms with Crippen LogP contribution in [-0.2, 0) is 10.0 Å². The van der Waals surface area contributed by atoms with Crippen molar-refractivity contribution >= 4 is 39.1 Å². The maximum atomic E-state index is 15.3. The maximum absolute atomic E-state index is 15.3. The Bertz CT molecular complexity index is 1410. The third-order valence-corrected chi connectivity index (χ3v) is 10.4. The molecule has 1 spiro atoms. The number of piperidine rings is 2. The minimum Gasteiger partial charge on any atom is -0.395 e. The highest BCUT2D eigenvalue weighted by Gasteiger charge is 2.45. The van der Waals surface area contributed by atoms with Crippen LogP contribution in [-0.4, -0.2) is 73.1 Å². The quantitative estimate of drug-likeness (QED) is 0.420. The first-order chi connectivity index (χ1) is 19.3. The lowest BCUT2D eigenvalue weighted by atomic mass is 9.93. The summed E-state index contributed by atoms with van der Waals surface area (Å²) in [6.45, 7) is 6.26. The molecule has 2 aromatic rings. The highest BCUT2D eigenvalue weighted by Crippen LogP contribution is 2.54. The number of aliphatic hydroxyl groups is 1. The predicted molar refractivity (Wildman–Crippen MR) is 154 cm³/mol. The van der Waals surface area contributed by atoms with Crippen molar-refractivity contribution in [1.29, 1.82) is 0 Å². The summed E-state index contributed by atoms with van der Waals surface area (Å²) < 4.78 is 57.0. The van der Waals surface area contributed by atoms with Gasteiger partial charge in [0.25, 0.3) is 5.91 Å². The SMILES string of the molecule is Cc1cc(NC(=O)c2cc(F)c(NS(=O)(=O)[C@H](C)CO)cc2N2CCC3(CC2)CC3)nc(N2CCC(C)(F)CC2)n1. The number of halogens is 2. The fourth-order valence-corrected chi connectivity index (χ4v) is 6.31. The molecule has 0 unspecified atom stereocenters. The van der Waals surface area contributed by atoms with Crippen molar-refractivity contribution in [3.05, 3.63) is 35.3 Å². The molecule has 0 bridgehead atoms. The van der Waals surface area contributed by atoms with Crippen molar-refractivity contribution in [3.63, 3.8) is 0 Å². The van der Waals surface area contributed by atoms with E-state index in [-0.39, 0.29) is 17.1 Å². The number of amides is 1. The molecule has 0 radical (unpaired) electrons. The number of aliphatic hydroxyl groups excluding tert-OH is 1. The smallest absolute Gasteiger partial charge is 0.259 e. The lowest BCUT2D eigenvalue weighted by molar-refractivity contribution is 0.102. The number of alkyl halides is 1. The molecule has 1 atom stereocenters. The van der Waals surface area contributed by atoms with Crippen molar-refractivity contribution in [2.24, 2.45) is 5.41 Å². The number of rotatable bonds is 8. The number of nitrogens with zero attached hydrogens (tertiary/aromatic N) is 4. The first-order valence-corrected chi connectivity index (χ1v) is 15.7. The van der Waals surface area contributed by atoms with Gasteiger partial charge in [-0.3, -0.25) is 9.52 Å². The second-order valence-electron chi connectivity index (χ2n) is 12.0. The molecule has 224 valence electrons. The van der Waals surface area contributed by atoms with E-state index in [4.69, 9.17) is 0 Å². The zero-order valence-electron chi connectivity index (χ0n) is 23.7. The van der Waals surface area contributed by atoms with Gasteiger partial charge in [-0.05, 0) is 76.8 Å². The fraction of sp³-hybridized carbons (Fsp3) is 0.607. The number of nitrogens with one attached hydrogen (secondary N) is 2. The summed E-state index contributed by atoms with van der Waals surface area (Å²) in [5, 5.41) is 11.0. The molecule has 2 saturated heterocycles. The first-order valence-electron chi connectivity index (χ1n) is 14.1. The molecule has 3 N–H and O–H groups in total. The Balaban J connectivity index is 1.43. The van der Waals surface area contributed by atoms with Gasteiger partial charge < -0.3 is 20.2 Å². The molecule has 10 nitrogen and oxygen atoms in total. The molecule has 3 aliphatic rings. The van der Waals surface area contributed by atoms with Crippen LogP contribution in [0.4, 0.5) is 31.9 Å². The van der Waals surface area contributed by atoms with Gasteiger partial charge >= 0.3 is 0 Å². The van der Waals surface area contributed by atoms with Crippen LogP contribution >= 0.6 is 0 Å². The minimum absolute atomic E-state index is 0.0522. The fourth-order valence-electron chi connectivity index (χ4n) is 5.45. The number of carbonyl (C=O) groups is 1. The second kappa shape index (κ2) is 11.0. The number of carbonyl (C=O) groups excluding carboxylic acids is 1. The highest BCUT2D eigenvalue weighted by atomic mass is 32.2. The second-order valence-corrected chi connectivity index (χ2v) is 14.1. The lowest BCUT2D eigenvalue weighted by Crippen LogP contribution is -2.41. The van der Waals surface area contributed by atoms with E-state index >= 15 is 4.39 Å². The minimum atomic E-state index is -4.06. The standard InChI is InChI=1S/C28H38F2N6O4S/c1-18-14-24(33-26(31-18)36-10-6-27(3,30)7-11-36)32-25(38)20-15-21(29)22(34-41(39,40)19(2)17-37)16-23(20)35-12-8-28(4-5-28)9-13-35/h14-16,19,34,37H,4-13,17H2,1-3H3,(H,31,32,33,38)/t19-/m1/s1. The summed E-state index contributed by atoms with van der Waals surface area (Å²) in [7, 11) is -4.06. The van der Waals surface area contributed by atoms with Gasteiger partial charge in [0, 0.05) is 37.9 Å². The van der Waals surface area contributed by atoms with Gasteiger partial charge in [0.1, 0.15) is 22.6 Å². The molecule has 1 aromatic carbocycles. The largest absolute Gasteiger partial charge is 0.395 e. The number of hydrogen-bond acceptors (Lipinski definition) is 8. The molecule has 1 saturated carbocycles. The summed E-state index contributed by atoms with van der Waals surface area (Å²) in [6, 6.07) is 4.00. The van der Waals surface area contributed by atoms with Crippen LogP contribution in [0.1, 0.15) is 68.4 Å². The Kier molecular flexibility index (Phi) is 7.88.